The highest BCUT2D eigenvalue weighted by Crippen LogP contribution is 2.25. The number of aromatic nitrogens is 3. The fourth-order valence-corrected chi connectivity index (χ4v) is 1.05. The average molecular weight is 264 g/mol. The van der Waals surface area contributed by atoms with Crippen molar-refractivity contribution < 1.29 is 13.2 Å². The molecule has 0 aliphatic heterocycles. The second-order valence-electron chi connectivity index (χ2n) is 3.76. The van der Waals surface area contributed by atoms with Crippen LogP contribution in [0.1, 0.15) is 31.9 Å². The van der Waals surface area contributed by atoms with Gasteiger partial charge in [0.25, 0.3) is 5.82 Å². The number of alkyl halides is 3. The summed E-state index contributed by atoms with van der Waals surface area (Å²) in [7, 11) is 0. The molecule has 0 bridgehead atoms. The first-order valence-electron chi connectivity index (χ1n) is 5.37. The van der Waals surface area contributed by atoms with Crippen LogP contribution in [0.5, 0.6) is 0 Å². The summed E-state index contributed by atoms with van der Waals surface area (Å²) in [5.74, 6) is -1.04. The van der Waals surface area contributed by atoms with Crippen LogP contribution < -0.4 is 11.1 Å². The summed E-state index contributed by atoms with van der Waals surface area (Å²) in [6.45, 7) is 3.80. The Morgan fingerprint density at radius 2 is 2.22 bits per heavy atom. The van der Waals surface area contributed by atoms with Gasteiger partial charge in [0.1, 0.15) is 12.4 Å². The minimum Gasteiger partial charge on any atom is -0.370 e. The third-order valence-electron chi connectivity index (χ3n) is 2.19. The Labute approximate surface area is 102 Å². The monoisotopic (exact) mass is 264 g/mol. The number of H-pyrrole nitrogens is 1. The Morgan fingerprint density at radius 3 is 2.72 bits per heavy atom. The molecule has 9 heteroatoms. The van der Waals surface area contributed by atoms with Crippen LogP contribution in [0.25, 0.3) is 0 Å². The molecule has 1 unspecified atom stereocenters. The predicted molar refractivity (Wildman–Crippen MR) is 59.6 cm³/mol. The first-order valence-corrected chi connectivity index (χ1v) is 5.37. The number of guanidine groups is 1. The van der Waals surface area contributed by atoms with Crippen molar-refractivity contribution >= 4 is 5.96 Å². The zero-order chi connectivity index (χ0) is 13.8. The minimum absolute atomic E-state index is 0.0104. The molecule has 102 valence electrons. The van der Waals surface area contributed by atoms with E-state index in [0.717, 1.165) is 6.42 Å². The molecule has 6 nitrogen and oxygen atoms in total. The zero-order valence-electron chi connectivity index (χ0n) is 10.0. The number of rotatable bonds is 4. The Balaban J connectivity index is 2.58. The summed E-state index contributed by atoms with van der Waals surface area (Å²) in [6.07, 6.45) is -3.70. The third kappa shape index (κ3) is 4.22. The molecule has 0 radical (unpaired) electrons. The molecule has 0 fully saturated rings. The van der Waals surface area contributed by atoms with E-state index in [-0.39, 0.29) is 24.4 Å². The molecule has 4 N–H and O–H groups in total. The van der Waals surface area contributed by atoms with Crippen molar-refractivity contribution in [3.63, 3.8) is 0 Å². The van der Waals surface area contributed by atoms with Gasteiger partial charge in [0, 0.05) is 6.04 Å². The Kier molecular flexibility index (Phi) is 4.51. The lowest BCUT2D eigenvalue weighted by Gasteiger charge is -2.11. The van der Waals surface area contributed by atoms with Crippen LogP contribution in [-0.4, -0.2) is 27.2 Å². The van der Waals surface area contributed by atoms with Crippen molar-refractivity contribution in [3.8, 4) is 0 Å². The number of nitrogens with one attached hydrogen (secondary N) is 2. The number of nitrogens with zero attached hydrogens (tertiary/aromatic N) is 3. The van der Waals surface area contributed by atoms with Gasteiger partial charge in [-0.15, -0.1) is 5.10 Å². The van der Waals surface area contributed by atoms with E-state index in [1.54, 1.807) is 0 Å². The van der Waals surface area contributed by atoms with Gasteiger partial charge >= 0.3 is 6.18 Å². The molecule has 0 saturated heterocycles. The van der Waals surface area contributed by atoms with Gasteiger partial charge in [0.05, 0.1) is 0 Å². The summed E-state index contributed by atoms with van der Waals surface area (Å²) in [6, 6.07) is 0.147. The molecule has 1 aromatic heterocycles. The van der Waals surface area contributed by atoms with Crippen LogP contribution in [0, 0.1) is 0 Å². The van der Waals surface area contributed by atoms with Crippen molar-refractivity contribution in [2.75, 3.05) is 0 Å². The van der Waals surface area contributed by atoms with Gasteiger partial charge in [-0.2, -0.15) is 13.2 Å². The smallest absolute Gasteiger partial charge is 0.370 e. The molecule has 1 atom stereocenters. The van der Waals surface area contributed by atoms with Crippen molar-refractivity contribution in [2.24, 2.45) is 10.7 Å². The van der Waals surface area contributed by atoms with Gasteiger partial charge in [-0.1, -0.05) is 6.92 Å². The molecule has 1 rings (SSSR count). The maximum absolute atomic E-state index is 12.2. The number of aromatic amines is 1. The topological polar surface area (TPSA) is 92.0 Å². The van der Waals surface area contributed by atoms with Crippen molar-refractivity contribution in [1.82, 2.24) is 20.5 Å². The lowest BCUT2D eigenvalue weighted by atomic mass is 10.3. The van der Waals surface area contributed by atoms with E-state index in [4.69, 9.17) is 5.73 Å². The number of hydrogen-bond donors (Lipinski definition) is 3. The van der Waals surface area contributed by atoms with E-state index in [0.29, 0.717) is 0 Å². The number of nitrogens with two attached hydrogens (primary N) is 1. The molecule has 1 aromatic rings. The normalized spacial score (nSPS) is 14.6. The first kappa shape index (κ1) is 14.3. The SMILES string of the molecule is CCC(C)NC(N)=NCc1nc(C(F)(F)F)n[nH]1. The van der Waals surface area contributed by atoms with Gasteiger partial charge in [0.2, 0.25) is 0 Å². The van der Waals surface area contributed by atoms with E-state index in [1.165, 1.54) is 0 Å². The predicted octanol–water partition coefficient (Wildman–Crippen LogP) is 1.03. The van der Waals surface area contributed by atoms with Gasteiger partial charge in [0.15, 0.2) is 5.96 Å². The highest BCUT2D eigenvalue weighted by Gasteiger charge is 2.35. The van der Waals surface area contributed by atoms with Crippen LogP contribution in [-0.2, 0) is 12.7 Å². The highest BCUT2D eigenvalue weighted by molar-refractivity contribution is 5.78. The van der Waals surface area contributed by atoms with Gasteiger partial charge < -0.3 is 11.1 Å². The number of aliphatic imine (C=N–C) groups is 1. The standard InChI is InChI=1S/C9H15F3N6/c1-3-5(2)15-8(13)14-4-6-16-7(18-17-6)9(10,11)12/h5H,3-4H2,1-2H3,(H3,13,14,15)(H,16,17,18). The average Bonchev–Trinajstić information content (AvgIpc) is 2.74. The lowest BCUT2D eigenvalue weighted by Crippen LogP contribution is -2.38. The van der Waals surface area contributed by atoms with Gasteiger partial charge in [-0.05, 0) is 13.3 Å². The van der Waals surface area contributed by atoms with Crippen LogP contribution in [0.4, 0.5) is 13.2 Å². The molecule has 0 aliphatic carbocycles. The summed E-state index contributed by atoms with van der Waals surface area (Å²) in [4.78, 5) is 7.13. The van der Waals surface area contributed by atoms with E-state index < -0.39 is 12.0 Å². The highest BCUT2D eigenvalue weighted by atomic mass is 19.4. The summed E-state index contributed by atoms with van der Waals surface area (Å²) in [5, 5.41) is 8.09. The molecular formula is C9H15F3N6. The molecule has 0 spiro atoms. The molecule has 0 aliphatic rings. The third-order valence-corrected chi connectivity index (χ3v) is 2.19. The quantitative estimate of drug-likeness (QED) is 0.559. The van der Waals surface area contributed by atoms with Crippen molar-refractivity contribution in [1.29, 1.82) is 0 Å². The second kappa shape index (κ2) is 5.69. The van der Waals surface area contributed by atoms with E-state index in [2.05, 4.69) is 25.5 Å². The lowest BCUT2D eigenvalue weighted by molar-refractivity contribution is -0.144. The molecule has 1 heterocycles. The summed E-state index contributed by atoms with van der Waals surface area (Å²) >= 11 is 0. The van der Waals surface area contributed by atoms with E-state index in [1.807, 2.05) is 13.8 Å². The molecule has 0 saturated carbocycles. The molecule has 0 amide bonds. The number of halogens is 3. The Bertz CT molecular complexity index is 411. The molecular weight excluding hydrogens is 249 g/mol. The second-order valence-corrected chi connectivity index (χ2v) is 3.76. The van der Waals surface area contributed by atoms with Crippen molar-refractivity contribution in [3.05, 3.63) is 11.6 Å². The fraction of sp³-hybridized carbons (Fsp3) is 0.667. The maximum Gasteiger partial charge on any atom is 0.453 e. The summed E-state index contributed by atoms with van der Waals surface area (Å²) < 4.78 is 36.6. The molecule has 0 aromatic carbocycles. The molecule has 18 heavy (non-hydrogen) atoms. The largest absolute Gasteiger partial charge is 0.453 e. The van der Waals surface area contributed by atoms with Gasteiger partial charge in [-0.25, -0.2) is 9.98 Å². The minimum atomic E-state index is -4.56. The van der Waals surface area contributed by atoms with Gasteiger partial charge in [-0.3, -0.25) is 5.10 Å². The fourth-order valence-electron chi connectivity index (χ4n) is 1.05. The van der Waals surface area contributed by atoms with E-state index in [9.17, 15) is 13.2 Å². The first-order chi connectivity index (χ1) is 8.32. The van der Waals surface area contributed by atoms with Crippen LogP contribution in [0.3, 0.4) is 0 Å². The van der Waals surface area contributed by atoms with E-state index >= 15 is 0 Å². The maximum atomic E-state index is 12.2. The Hall–Kier alpha value is -1.80. The number of hydrogen-bond acceptors (Lipinski definition) is 3. The van der Waals surface area contributed by atoms with Crippen LogP contribution >= 0.6 is 0 Å². The van der Waals surface area contributed by atoms with Crippen LogP contribution in [0.15, 0.2) is 4.99 Å². The van der Waals surface area contributed by atoms with Crippen LogP contribution in [0.2, 0.25) is 0 Å². The van der Waals surface area contributed by atoms with Crippen molar-refractivity contribution in [2.45, 2.75) is 39.0 Å². The zero-order valence-corrected chi connectivity index (χ0v) is 10.0. The Morgan fingerprint density at radius 1 is 1.56 bits per heavy atom. The summed E-state index contributed by atoms with van der Waals surface area (Å²) in [5.41, 5.74) is 5.55.